The van der Waals surface area contributed by atoms with Gasteiger partial charge in [0.25, 0.3) is 5.91 Å². The maximum atomic E-state index is 12.9. The topological polar surface area (TPSA) is 84.9 Å². The maximum absolute atomic E-state index is 12.9. The van der Waals surface area contributed by atoms with Gasteiger partial charge in [0.15, 0.2) is 0 Å². The standard InChI is InChI=1S/C21H26N2O5S/c1-3-28-17-8-10-18(11-9-17)29(25,26)23-14-12-16(13-15-23)22-21(24)19-6-4-5-7-20(19)27-2/h4-11,16H,3,12-15H2,1-2H3,(H,22,24). The smallest absolute Gasteiger partial charge is 0.255 e. The number of nitrogens with one attached hydrogen (secondary N) is 1. The molecule has 1 saturated heterocycles. The Labute approximate surface area is 171 Å². The van der Waals surface area contributed by atoms with Crippen molar-refractivity contribution in [1.82, 2.24) is 9.62 Å². The fraction of sp³-hybridized carbons (Fsp3) is 0.381. The zero-order valence-electron chi connectivity index (χ0n) is 16.6. The molecule has 0 spiro atoms. The van der Waals surface area contributed by atoms with Crippen LogP contribution < -0.4 is 14.8 Å². The first-order chi connectivity index (χ1) is 14.0. The van der Waals surface area contributed by atoms with Crippen LogP contribution >= 0.6 is 0 Å². The maximum Gasteiger partial charge on any atom is 0.255 e. The van der Waals surface area contributed by atoms with Crippen molar-refractivity contribution in [1.29, 1.82) is 0 Å². The highest BCUT2D eigenvalue weighted by molar-refractivity contribution is 7.89. The fourth-order valence-corrected chi connectivity index (χ4v) is 4.83. The van der Waals surface area contributed by atoms with E-state index in [2.05, 4.69) is 5.32 Å². The third-order valence-electron chi connectivity index (χ3n) is 4.91. The lowest BCUT2D eigenvalue weighted by atomic mass is 10.1. The fourth-order valence-electron chi connectivity index (χ4n) is 3.36. The number of rotatable bonds is 7. The van der Waals surface area contributed by atoms with E-state index in [0.29, 0.717) is 49.6 Å². The molecule has 0 radical (unpaired) electrons. The van der Waals surface area contributed by atoms with Crippen molar-refractivity contribution in [2.75, 3.05) is 26.8 Å². The first kappa shape index (κ1) is 21.1. The van der Waals surface area contributed by atoms with Gasteiger partial charge >= 0.3 is 0 Å². The SMILES string of the molecule is CCOc1ccc(S(=O)(=O)N2CCC(NC(=O)c3ccccc3OC)CC2)cc1. The second-order valence-electron chi connectivity index (χ2n) is 6.76. The van der Waals surface area contributed by atoms with Crippen LogP contribution in [0.15, 0.2) is 53.4 Å². The lowest BCUT2D eigenvalue weighted by Gasteiger charge is -2.31. The van der Waals surface area contributed by atoms with E-state index in [9.17, 15) is 13.2 Å². The number of carbonyl (C=O) groups excluding carboxylic acids is 1. The molecule has 0 saturated carbocycles. The number of para-hydroxylation sites is 1. The zero-order chi connectivity index (χ0) is 20.9. The van der Waals surface area contributed by atoms with Gasteiger partial charge in [-0.25, -0.2) is 8.42 Å². The number of benzene rings is 2. The minimum absolute atomic E-state index is 0.0841. The average molecular weight is 419 g/mol. The van der Waals surface area contributed by atoms with Crippen LogP contribution in [0.5, 0.6) is 11.5 Å². The average Bonchev–Trinajstić information content (AvgIpc) is 2.74. The highest BCUT2D eigenvalue weighted by Gasteiger charge is 2.30. The molecule has 1 fully saturated rings. The molecule has 7 nitrogen and oxygen atoms in total. The molecule has 29 heavy (non-hydrogen) atoms. The van der Waals surface area contributed by atoms with Crippen molar-refractivity contribution in [2.24, 2.45) is 0 Å². The molecule has 0 bridgehead atoms. The van der Waals surface area contributed by atoms with Crippen molar-refractivity contribution in [3.63, 3.8) is 0 Å². The van der Waals surface area contributed by atoms with Crippen LogP contribution in [0.1, 0.15) is 30.1 Å². The Hall–Kier alpha value is -2.58. The molecule has 2 aromatic rings. The zero-order valence-corrected chi connectivity index (χ0v) is 17.4. The highest BCUT2D eigenvalue weighted by atomic mass is 32.2. The lowest BCUT2D eigenvalue weighted by molar-refractivity contribution is 0.0921. The van der Waals surface area contributed by atoms with Crippen LogP contribution in [0.2, 0.25) is 0 Å². The van der Waals surface area contributed by atoms with E-state index in [-0.39, 0.29) is 16.8 Å². The Bertz CT molecular complexity index is 936. The van der Waals surface area contributed by atoms with Gasteiger partial charge in [0.2, 0.25) is 10.0 Å². The molecule has 8 heteroatoms. The van der Waals surface area contributed by atoms with Gasteiger partial charge in [-0.05, 0) is 56.2 Å². The summed E-state index contributed by atoms with van der Waals surface area (Å²) < 4.78 is 37.8. The number of methoxy groups -OCH3 is 1. The molecule has 156 valence electrons. The molecule has 0 aromatic heterocycles. The molecule has 0 aliphatic carbocycles. The Morgan fingerprint density at radius 1 is 1.10 bits per heavy atom. The summed E-state index contributed by atoms with van der Waals surface area (Å²) in [5.74, 6) is 0.944. The Morgan fingerprint density at radius 2 is 1.76 bits per heavy atom. The van der Waals surface area contributed by atoms with Gasteiger partial charge in [0, 0.05) is 19.1 Å². The first-order valence-electron chi connectivity index (χ1n) is 9.62. The number of hydrogen-bond donors (Lipinski definition) is 1. The minimum atomic E-state index is -3.56. The third kappa shape index (κ3) is 4.89. The number of sulfonamides is 1. The Kier molecular flexibility index (Phi) is 6.76. The number of nitrogens with zero attached hydrogens (tertiary/aromatic N) is 1. The molecule has 2 aromatic carbocycles. The highest BCUT2D eigenvalue weighted by Crippen LogP contribution is 2.24. The van der Waals surface area contributed by atoms with Gasteiger partial charge in [0.05, 0.1) is 24.2 Å². The van der Waals surface area contributed by atoms with Crippen LogP contribution in [0.4, 0.5) is 0 Å². The summed E-state index contributed by atoms with van der Waals surface area (Å²) in [6.45, 7) is 3.11. The lowest BCUT2D eigenvalue weighted by Crippen LogP contribution is -2.46. The van der Waals surface area contributed by atoms with Crippen molar-refractivity contribution >= 4 is 15.9 Å². The monoisotopic (exact) mass is 418 g/mol. The van der Waals surface area contributed by atoms with Crippen molar-refractivity contribution < 1.29 is 22.7 Å². The largest absolute Gasteiger partial charge is 0.496 e. The van der Waals surface area contributed by atoms with Crippen molar-refractivity contribution in [3.05, 3.63) is 54.1 Å². The van der Waals surface area contributed by atoms with E-state index in [1.807, 2.05) is 6.92 Å². The summed E-state index contributed by atoms with van der Waals surface area (Å²) in [5.41, 5.74) is 0.472. The summed E-state index contributed by atoms with van der Waals surface area (Å²) in [4.78, 5) is 12.8. The number of ether oxygens (including phenoxy) is 2. The number of piperidine rings is 1. The van der Waals surface area contributed by atoms with E-state index in [1.165, 1.54) is 11.4 Å². The van der Waals surface area contributed by atoms with Gasteiger partial charge in [-0.3, -0.25) is 4.79 Å². The third-order valence-corrected chi connectivity index (χ3v) is 6.83. The molecule has 3 rings (SSSR count). The van der Waals surface area contributed by atoms with E-state index in [0.717, 1.165) is 0 Å². The molecule has 1 aliphatic rings. The molecule has 1 amide bonds. The second-order valence-corrected chi connectivity index (χ2v) is 8.69. The normalized spacial score (nSPS) is 15.7. The van der Waals surface area contributed by atoms with Crippen LogP contribution in [0.25, 0.3) is 0 Å². The summed E-state index contributed by atoms with van der Waals surface area (Å²) in [5, 5.41) is 2.99. The van der Waals surface area contributed by atoms with Crippen molar-refractivity contribution in [2.45, 2.75) is 30.7 Å². The molecule has 1 aliphatic heterocycles. The molecule has 1 N–H and O–H groups in total. The van der Waals surface area contributed by atoms with E-state index >= 15 is 0 Å². The van der Waals surface area contributed by atoms with E-state index < -0.39 is 10.0 Å². The van der Waals surface area contributed by atoms with E-state index in [4.69, 9.17) is 9.47 Å². The van der Waals surface area contributed by atoms with Gasteiger partial charge in [-0.15, -0.1) is 0 Å². The van der Waals surface area contributed by atoms with E-state index in [1.54, 1.807) is 48.5 Å². The summed E-state index contributed by atoms with van der Waals surface area (Å²) in [6.07, 6.45) is 1.11. The molecule has 1 heterocycles. The van der Waals surface area contributed by atoms with Crippen LogP contribution in [0, 0.1) is 0 Å². The van der Waals surface area contributed by atoms with Crippen LogP contribution in [0.3, 0.4) is 0 Å². The summed E-state index contributed by atoms with van der Waals surface area (Å²) >= 11 is 0. The summed E-state index contributed by atoms with van der Waals surface area (Å²) in [7, 11) is -2.04. The number of amides is 1. The van der Waals surface area contributed by atoms with Gasteiger partial charge < -0.3 is 14.8 Å². The molecular weight excluding hydrogens is 392 g/mol. The van der Waals surface area contributed by atoms with Crippen LogP contribution in [-0.2, 0) is 10.0 Å². The molecular formula is C21H26N2O5S. The second kappa shape index (κ2) is 9.28. The molecule has 0 atom stereocenters. The van der Waals surface area contributed by atoms with Gasteiger partial charge in [-0.2, -0.15) is 4.31 Å². The van der Waals surface area contributed by atoms with Crippen molar-refractivity contribution in [3.8, 4) is 11.5 Å². The summed E-state index contributed by atoms with van der Waals surface area (Å²) in [6, 6.07) is 13.4. The Balaban J connectivity index is 1.60. The first-order valence-corrected chi connectivity index (χ1v) is 11.1. The van der Waals surface area contributed by atoms with Crippen LogP contribution in [-0.4, -0.2) is 51.5 Å². The van der Waals surface area contributed by atoms with Gasteiger partial charge in [0.1, 0.15) is 11.5 Å². The number of hydrogen-bond acceptors (Lipinski definition) is 5. The predicted octanol–water partition coefficient (Wildman–Crippen LogP) is 2.68. The quantitative estimate of drug-likeness (QED) is 0.747. The predicted molar refractivity (Wildman–Crippen MR) is 110 cm³/mol. The van der Waals surface area contributed by atoms with Gasteiger partial charge in [-0.1, -0.05) is 12.1 Å². The Morgan fingerprint density at radius 3 is 2.38 bits per heavy atom. The molecule has 0 unspecified atom stereocenters. The number of carbonyl (C=O) groups is 1. The minimum Gasteiger partial charge on any atom is -0.496 e.